The Labute approximate surface area is 141 Å². The van der Waals surface area contributed by atoms with Crippen LogP contribution in [0.3, 0.4) is 0 Å². The maximum absolute atomic E-state index is 13.0. The molecule has 0 fully saturated rings. The van der Waals surface area contributed by atoms with E-state index in [9.17, 15) is 17.6 Å². The van der Waals surface area contributed by atoms with Gasteiger partial charge in [-0.3, -0.25) is 9.78 Å². The lowest BCUT2D eigenvalue weighted by Gasteiger charge is -2.05. The number of carbonyl (C=O) groups excluding carboxylic acids is 1. The van der Waals surface area contributed by atoms with E-state index < -0.39 is 21.7 Å². The number of rotatable bonds is 4. The van der Waals surface area contributed by atoms with Crippen molar-refractivity contribution in [3.8, 4) is 0 Å². The molecule has 0 radical (unpaired) electrons. The summed E-state index contributed by atoms with van der Waals surface area (Å²) < 4.78 is 38.9. The summed E-state index contributed by atoms with van der Waals surface area (Å²) in [7, 11) is -4.00. The summed E-state index contributed by atoms with van der Waals surface area (Å²) in [6.07, 6.45) is 1.28. The smallest absolute Gasteiger partial charge is 0.266 e. The van der Waals surface area contributed by atoms with E-state index in [1.165, 1.54) is 12.1 Å². The van der Waals surface area contributed by atoms with Crippen LogP contribution in [-0.4, -0.2) is 19.3 Å². The maximum atomic E-state index is 13.0. The molecule has 120 valence electrons. The van der Waals surface area contributed by atoms with Crippen LogP contribution < -0.4 is 4.72 Å². The predicted molar refractivity (Wildman–Crippen MR) is 88.5 cm³/mol. The van der Waals surface area contributed by atoms with Gasteiger partial charge in [0, 0.05) is 10.2 Å². The SMILES string of the molecule is Cc1cccc(C=CS(=O)(=O)NC(=O)c2ccc(F)cc2Br)n1. The minimum absolute atomic E-state index is 0.0112. The Balaban J connectivity index is 2.16. The number of halogens is 2. The second-order valence-electron chi connectivity index (χ2n) is 4.61. The lowest BCUT2D eigenvalue weighted by molar-refractivity contribution is 0.0981. The lowest BCUT2D eigenvalue weighted by Crippen LogP contribution is -2.29. The van der Waals surface area contributed by atoms with Crippen molar-refractivity contribution >= 4 is 37.9 Å². The van der Waals surface area contributed by atoms with Crippen LogP contribution in [0.25, 0.3) is 6.08 Å². The van der Waals surface area contributed by atoms with Gasteiger partial charge in [0.15, 0.2) is 0 Å². The molecule has 23 heavy (non-hydrogen) atoms. The summed E-state index contributed by atoms with van der Waals surface area (Å²) >= 11 is 3.02. The number of sulfonamides is 1. The number of nitrogens with one attached hydrogen (secondary N) is 1. The molecule has 0 unspecified atom stereocenters. The van der Waals surface area contributed by atoms with E-state index in [1.807, 2.05) is 4.72 Å². The topological polar surface area (TPSA) is 76.1 Å². The fourth-order valence-electron chi connectivity index (χ4n) is 1.71. The van der Waals surface area contributed by atoms with Crippen molar-refractivity contribution in [2.45, 2.75) is 6.92 Å². The minimum atomic E-state index is -4.00. The van der Waals surface area contributed by atoms with Crippen molar-refractivity contribution in [2.24, 2.45) is 0 Å². The predicted octanol–water partition coefficient (Wildman–Crippen LogP) is 3.02. The molecule has 1 N–H and O–H groups in total. The Kier molecular flexibility index (Phi) is 5.27. The van der Waals surface area contributed by atoms with Gasteiger partial charge in [0.1, 0.15) is 5.82 Å². The Morgan fingerprint density at radius 2 is 2.04 bits per heavy atom. The Bertz CT molecular complexity index is 882. The Morgan fingerprint density at radius 1 is 1.30 bits per heavy atom. The molecule has 0 atom stereocenters. The van der Waals surface area contributed by atoms with Crippen molar-refractivity contribution in [3.63, 3.8) is 0 Å². The van der Waals surface area contributed by atoms with E-state index in [-0.39, 0.29) is 10.0 Å². The number of nitrogens with zero attached hydrogens (tertiary/aromatic N) is 1. The summed E-state index contributed by atoms with van der Waals surface area (Å²) in [5.41, 5.74) is 1.20. The fraction of sp³-hybridized carbons (Fsp3) is 0.0667. The summed E-state index contributed by atoms with van der Waals surface area (Å²) in [6.45, 7) is 1.78. The van der Waals surface area contributed by atoms with Gasteiger partial charge >= 0.3 is 0 Å². The first-order chi connectivity index (χ1) is 10.8. The summed E-state index contributed by atoms with van der Waals surface area (Å²) in [5.74, 6) is -1.40. The molecular formula is C15H12BrFN2O3S. The molecule has 0 aliphatic heterocycles. The van der Waals surface area contributed by atoms with Crippen LogP contribution in [-0.2, 0) is 10.0 Å². The molecule has 0 bridgehead atoms. The van der Waals surface area contributed by atoms with Crippen LogP contribution in [0.15, 0.2) is 46.3 Å². The standard InChI is InChI=1S/C15H12BrFN2O3S/c1-10-3-2-4-12(18-10)7-8-23(21,22)19-15(20)13-6-5-11(17)9-14(13)16/h2-9H,1H3,(H,19,20). The molecule has 0 saturated carbocycles. The van der Waals surface area contributed by atoms with Crippen molar-refractivity contribution in [2.75, 3.05) is 0 Å². The molecule has 0 saturated heterocycles. The molecule has 2 rings (SSSR count). The molecule has 0 aliphatic carbocycles. The highest BCUT2D eigenvalue weighted by Gasteiger charge is 2.16. The molecule has 2 aromatic rings. The van der Waals surface area contributed by atoms with Crippen LogP contribution >= 0.6 is 15.9 Å². The minimum Gasteiger partial charge on any atom is -0.268 e. The normalized spacial score (nSPS) is 11.6. The first kappa shape index (κ1) is 17.3. The van der Waals surface area contributed by atoms with E-state index >= 15 is 0 Å². The Hall–Kier alpha value is -2.06. The summed E-state index contributed by atoms with van der Waals surface area (Å²) in [5, 5.41) is 0.851. The molecule has 1 heterocycles. The number of carbonyl (C=O) groups is 1. The molecule has 0 aliphatic rings. The monoisotopic (exact) mass is 398 g/mol. The van der Waals surface area contributed by atoms with Crippen molar-refractivity contribution in [1.82, 2.24) is 9.71 Å². The number of hydrogen-bond acceptors (Lipinski definition) is 4. The van der Waals surface area contributed by atoms with Gasteiger partial charge in [-0.15, -0.1) is 0 Å². The summed E-state index contributed by atoms with van der Waals surface area (Å²) in [6, 6.07) is 8.49. The molecule has 1 aromatic heterocycles. The van der Waals surface area contributed by atoms with Gasteiger partial charge in [0.05, 0.1) is 16.7 Å². The zero-order valence-corrected chi connectivity index (χ0v) is 14.4. The van der Waals surface area contributed by atoms with Crippen molar-refractivity contribution in [1.29, 1.82) is 0 Å². The number of pyridine rings is 1. The van der Waals surface area contributed by atoms with Crippen LogP contribution in [0.1, 0.15) is 21.7 Å². The van der Waals surface area contributed by atoms with E-state index in [0.29, 0.717) is 5.69 Å². The zero-order valence-electron chi connectivity index (χ0n) is 12.0. The largest absolute Gasteiger partial charge is 0.268 e. The quantitative estimate of drug-likeness (QED) is 0.858. The lowest BCUT2D eigenvalue weighted by atomic mass is 10.2. The Morgan fingerprint density at radius 3 is 2.70 bits per heavy atom. The van der Waals surface area contributed by atoms with E-state index in [1.54, 1.807) is 25.1 Å². The first-order valence-electron chi connectivity index (χ1n) is 6.41. The van der Waals surface area contributed by atoms with Gasteiger partial charge in [0.2, 0.25) is 0 Å². The molecule has 1 aromatic carbocycles. The van der Waals surface area contributed by atoms with Crippen molar-refractivity contribution in [3.05, 3.63) is 69.0 Å². The number of amides is 1. The van der Waals surface area contributed by atoms with Gasteiger partial charge in [-0.2, -0.15) is 0 Å². The fourth-order valence-corrected chi connectivity index (χ4v) is 2.99. The third-order valence-corrected chi connectivity index (χ3v) is 4.36. The first-order valence-corrected chi connectivity index (χ1v) is 8.75. The number of hydrogen-bond donors (Lipinski definition) is 1. The molecule has 5 nitrogen and oxygen atoms in total. The van der Waals surface area contributed by atoms with Crippen LogP contribution in [0.4, 0.5) is 4.39 Å². The van der Waals surface area contributed by atoms with Gasteiger partial charge in [0.25, 0.3) is 15.9 Å². The highest BCUT2D eigenvalue weighted by atomic mass is 79.9. The highest BCUT2D eigenvalue weighted by molar-refractivity contribution is 9.10. The zero-order chi connectivity index (χ0) is 17.0. The number of benzene rings is 1. The van der Waals surface area contributed by atoms with Gasteiger partial charge in [-0.1, -0.05) is 6.07 Å². The summed E-state index contributed by atoms with van der Waals surface area (Å²) in [4.78, 5) is 16.1. The van der Waals surface area contributed by atoms with Crippen LogP contribution in [0.5, 0.6) is 0 Å². The van der Waals surface area contributed by atoms with Crippen LogP contribution in [0.2, 0.25) is 0 Å². The van der Waals surface area contributed by atoms with Crippen molar-refractivity contribution < 1.29 is 17.6 Å². The third-order valence-electron chi connectivity index (χ3n) is 2.74. The average Bonchev–Trinajstić information content (AvgIpc) is 2.44. The van der Waals surface area contributed by atoms with Gasteiger partial charge in [-0.25, -0.2) is 17.5 Å². The molecule has 8 heteroatoms. The van der Waals surface area contributed by atoms with Gasteiger partial charge < -0.3 is 0 Å². The van der Waals surface area contributed by atoms with Gasteiger partial charge in [-0.05, 0) is 59.3 Å². The second kappa shape index (κ2) is 7.01. The molecular weight excluding hydrogens is 387 g/mol. The highest BCUT2D eigenvalue weighted by Crippen LogP contribution is 2.18. The number of aryl methyl sites for hydroxylation is 1. The van der Waals surface area contributed by atoms with Crippen LogP contribution in [0, 0.1) is 12.7 Å². The van der Waals surface area contributed by atoms with E-state index in [0.717, 1.165) is 23.2 Å². The third kappa shape index (κ3) is 4.97. The molecule has 1 amide bonds. The molecule has 0 spiro atoms. The average molecular weight is 399 g/mol. The number of aromatic nitrogens is 1. The van der Waals surface area contributed by atoms with E-state index in [4.69, 9.17) is 0 Å². The van der Waals surface area contributed by atoms with E-state index in [2.05, 4.69) is 20.9 Å². The second-order valence-corrected chi connectivity index (χ2v) is 7.03. The maximum Gasteiger partial charge on any atom is 0.266 e.